The molecule has 2 aliphatic heterocycles. The van der Waals surface area contributed by atoms with Crippen molar-refractivity contribution in [1.29, 1.82) is 0 Å². The van der Waals surface area contributed by atoms with Gasteiger partial charge in [-0.3, -0.25) is 14.7 Å². The van der Waals surface area contributed by atoms with Crippen molar-refractivity contribution >= 4 is 17.6 Å². The highest BCUT2D eigenvalue weighted by Crippen LogP contribution is 2.21. The van der Waals surface area contributed by atoms with Crippen molar-refractivity contribution in [2.24, 2.45) is 4.99 Å². The molecule has 0 atom stereocenters. The standard InChI is InChI=1S/C21H34N6O/c1-3-25-13-15-26(16-14-25)12-10-23-21(22-2)24-17-18-6-8-19(9-7-18)27-11-4-5-20(27)28/h6-9H,3-5,10-17H2,1-2H3,(H2,22,23,24). The maximum Gasteiger partial charge on any atom is 0.227 e. The van der Waals surface area contributed by atoms with Crippen molar-refractivity contribution in [3.63, 3.8) is 0 Å². The van der Waals surface area contributed by atoms with Gasteiger partial charge in [-0.05, 0) is 30.7 Å². The van der Waals surface area contributed by atoms with E-state index in [-0.39, 0.29) is 5.91 Å². The fourth-order valence-corrected chi connectivity index (χ4v) is 3.78. The Bertz CT molecular complexity index is 651. The average molecular weight is 387 g/mol. The summed E-state index contributed by atoms with van der Waals surface area (Å²) in [5.74, 6) is 1.05. The highest BCUT2D eigenvalue weighted by atomic mass is 16.2. The summed E-state index contributed by atoms with van der Waals surface area (Å²) in [5, 5.41) is 6.77. The lowest BCUT2D eigenvalue weighted by Gasteiger charge is -2.34. The molecule has 1 aromatic carbocycles. The van der Waals surface area contributed by atoms with Crippen molar-refractivity contribution in [3.05, 3.63) is 29.8 Å². The van der Waals surface area contributed by atoms with E-state index in [1.54, 1.807) is 7.05 Å². The number of benzene rings is 1. The van der Waals surface area contributed by atoms with Gasteiger partial charge in [-0.15, -0.1) is 0 Å². The monoisotopic (exact) mass is 386 g/mol. The van der Waals surface area contributed by atoms with Gasteiger partial charge in [0.2, 0.25) is 5.91 Å². The van der Waals surface area contributed by atoms with E-state index in [4.69, 9.17) is 0 Å². The molecule has 2 heterocycles. The average Bonchev–Trinajstić information content (AvgIpc) is 3.17. The number of amides is 1. The van der Waals surface area contributed by atoms with Crippen molar-refractivity contribution < 1.29 is 4.79 Å². The first-order valence-corrected chi connectivity index (χ1v) is 10.5. The zero-order chi connectivity index (χ0) is 19.8. The zero-order valence-corrected chi connectivity index (χ0v) is 17.3. The SMILES string of the molecule is CCN1CCN(CCNC(=NC)NCc2ccc(N3CCCC3=O)cc2)CC1. The van der Waals surface area contributed by atoms with Crippen molar-refractivity contribution in [2.45, 2.75) is 26.3 Å². The number of anilines is 1. The van der Waals surface area contributed by atoms with Crippen LogP contribution in [0.1, 0.15) is 25.3 Å². The van der Waals surface area contributed by atoms with E-state index >= 15 is 0 Å². The second kappa shape index (κ2) is 10.4. The molecule has 1 amide bonds. The number of likely N-dealkylation sites (N-methyl/N-ethyl adjacent to an activating group) is 1. The molecular weight excluding hydrogens is 352 g/mol. The number of aliphatic imine (C=N–C) groups is 1. The summed E-state index contributed by atoms with van der Waals surface area (Å²) in [6, 6.07) is 8.22. The van der Waals surface area contributed by atoms with Crippen LogP contribution in [-0.4, -0.2) is 81.1 Å². The normalized spacial score (nSPS) is 19.3. The second-order valence-electron chi connectivity index (χ2n) is 7.44. The quantitative estimate of drug-likeness (QED) is 0.543. The molecule has 0 bridgehead atoms. The summed E-state index contributed by atoms with van der Waals surface area (Å²) >= 11 is 0. The number of carbonyl (C=O) groups excluding carboxylic acids is 1. The molecule has 0 aromatic heterocycles. The molecule has 7 heteroatoms. The molecule has 3 rings (SSSR count). The van der Waals surface area contributed by atoms with Crippen LogP contribution in [0.5, 0.6) is 0 Å². The highest BCUT2D eigenvalue weighted by Gasteiger charge is 2.21. The zero-order valence-electron chi connectivity index (χ0n) is 17.3. The molecule has 2 N–H and O–H groups in total. The number of nitrogens with zero attached hydrogens (tertiary/aromatic N) is 4. The van der Waals surface area contributed by atoms with Gasteiger partial charge < -0.3 is 20.4 Å². The summed E-state index contributed by atoms with van der Waals surface area (Å²) in [5.41, 5.74) is 2.17. The molecule has 0 unspecified atom stereocenters. The van der Waals surface area contributed by atoms with E-state index in [0.29, 0.717) is 13.0 Å². The highest BCUT2D eigenvalue weighted by molar-refractivity contribution is 5.95. The Hall–Kier alpha value is -2.12. The van der Waals surface area contributed by atoms with Crippen LogP contribution in [0.4, 0.5) is 5.69 Å². The Balaban J connectivity index is 1.37. The van der Waals surface area contributed by atoms with Crippen LogP contribution >= 0.6 is 0 Å². The molecule has 0 saturated carbocycles. The van der Waals surface area contributed by atoms with Gasteiger partial charge in [0.05, 0.1) is 0 Å². The fourth-order valence-electron chi connectivity index (χ4n) is 3.78. The molecule has 2 fully saturated rings. The number of hydrogen-bond acceptors (Lipinski definition) is 4. The largest absolute Gasteiger partial charge is 0.355 e. The Kier molecular flexibility index (Phi) is 7.68. The van der Waals surface area contributed by atoms with E-state index in [1.807, 2.05) is 17.0 Å². The lowest BCUT2D eigenvalue weighted by molar-refractivity contribution is -0.117. The Labute approximate surface area is 168 Å². The third kappa shape index (κ3) is 5.69. The number of piperazine rings is 1. The van der Waals surface area contributed by atoms with Crippen molar-refractivity contribution in [3.8, 4) is 0 Å². The molecule has 0 spiro atoms. The van der Waals surface area contributed by atoms with Crippen LogP contribution in [0.2, 0.25) is 0 Å². The van der Waals surface area contributed by atoms with Gasteiger partial charge in [0.15, 0.2) is 5.96 Å². The first-order valence-electron chi connectivity index (χ1n) is 10.5. The number of rotatable bonds is 7. The number of hydrogen-bond donors (Lipinski definition) is 2. The molecule has 28 heavy (non-hydrogen) atoms. The van der Waals surface area contributed by atoms with Crippen LogP contribution in [0.15, 0.2) is 29.3 Å². The Morgan fingerprint density at radius 3 is 2.36 bits per heavy atom. The predicted octanol–water partition coefficient (Wildman–Crippen LogP) is 1.12. The molecule has 2 saturated heterocycles. The Morgan fingerprint density at radius 2 is 1.75 bits per heavy atom. The first-order chi connectivity index (χ1) is 13.7. The molecule has 1 aromatic rings. The van der Waals surface area contributed by atoms with Gasteiger partial charge in [0.1, 0.15) is 0 Å². The van der Waals surface area contributed by atoms with E-state index < -0.39 is 0 Å². The van der Waals surface area contributed by atoms with Gasteiger partial charge in [0.25, 0.3) is 0 Å². The van der Waals surface area contributed by atoms with Gasteiger partial charge in [-0.25, -0.2) is 0 Å². The second-order valence-corrected chi connectivity index (χ2v) is 7.44. The Morgan fingerprint density at radius 1 is 1.04 bits per heavy atom. The first kappa shape index (κ1) is 20.6. The van der Waals surface area contributed by atoms with Crippen LogP contribution in [0.3, 0.4) is 0 Å². The van der Waals surface area contributed by atoms with Crippen LogP contribution in [-0.2, 0) is 11.3 Å². The van der Waals surface area contributed by atoms with E-state index in [0.717, 1.165) is 57.3 Å². The molecule has 0 aliphatic carbocycles. The smallest absolute Gasteiger partial charge is 0.227 e. The predicted molar refractivity (Wildman–Crippen MR) is 115 cm³/mol. The minimum atomic E-state index is 0.228. The summed E-state index contributed by atoms with van der Waals surface area (Å²) in [6.45, 7) is 11.5. The summed E-state index contributed by atoms with van der Waals surface area (Å²) in [4.78, 5) is 23.0. The van der Waals surface area contributed by atoms with Gasteiger partial charge in [-0.2, -0.15) is 0 Å². The number of guanidine groups is 1. The van der Waals surface area contributed by atoms with Crippen LogP contribution < -0.4 is 15.5 Å². The molecule has 7 nitrogen and oxygen atoms in total. The van der Waals surface area contributed by atoms with Crippen LogP contribution in [0, 0.1) is 0 Å². The van der Waals surface area contributed by atoms with Gasteiger partial charge in [0, 0.05) is 71.5 Å². The topological polar surface area (TPSA) is 63.2 Å². The summed E-state index contributed by atoms with van der Waals surface area (Å²) in [7, 11) is 1.80. The lowest BCUT2D eigenvalue weighted by atomic mass is 10.2. The number of carbonyl (C=O) groups is 1. The maximum atomic E-state index is 11.8. The van der Waals surface area contributed by atoms with Crippen molar-refractivity contribution in [1.82, 2.24) is 20.4 Å². The minimum Gasteiger partial charge on any atom is -0.355 e. The third-order valence-electron chi connectivity index (χ3n) is 5.64. The minimum absolute atomic E-state index is 0.228. The maximum absolute atomic E-state index is 11.8. The fraction of sp³-hybridized carbons (Fsp3) is 0.619. The van der Waals surface area contributed by atoms with E-state index in [1.165, 1.54) is 18.7 Å². The van der Waals surface area contributed by atoms with Crippen LogP contribution in [0.25, 0.3) is 0 Å². The van der Waals surface area contributed by atoms with E-state index in [9.17, 15) is 4.79 Å². The van der Waals surface area contributed by atoms with E-state index in [2.05, 4.69) is 44.5 Å². The van der Waals surface area contributed by atoms with Gasteiger partial charge >= 0.3 is 0 Å². The molecule has 154 valence electrons. The number of nitrogens with one attached hydrogen (secondary N) is 2. The molecular formula is C21H34N6O. The summed E-state index contributed by atoms with van der Waals surface area (Å²) in [6.07, 6.45) is 1.62. The lowest BCUT2D eigenvalue weighted by Crippen LogP contribution is -2.49. The molecule has 0 radical (unpaired) electrons. The summed E-state index contributed by atoms with van der Waals surface area (Å²) < 4.78 is 0. The van der Waals surface area contributed by atoms with Crippen molar-refractivity contribution in [2.75, 3.05) is 64.3 Å². The molecule has 2 aliphatic rings. The third-order valence-corrected chi connectivity index (χ3v) is 5.64. The van der Waals surface area contributed by atoms with Gasteiger partial charge in [-0.1, -0.05) is 19.1 Å².